The molecule has 1 aromatic carbocycles. The van der Waals surface area contributed by atoms with Crippen LogP contribution in [0.3, 0.4) is 0 Å². The molecule has 26 heavy (non-hydrogen) atoms. The van der Waals surface area contributed by atoms with Gasteiger partial charge in [0.25, 0.3) is 11.6 Å². The van der Waals surface area contributed by atoms with Gasteiger partial charge in [0.05, 0.1) is 16.7 Å². The highest BCUT2D eigenvalue weighted by Gasteiger charge is 2.25. The number of nitro benzene ring substituents is 1. The standard InChI is InChI=1S/C16H15N5O5/c22-15(11-7-12(16(23)24)9-13(8-11)21(25)26)20-5-3-19(4-6-20)14-10-17-1-2-18-14/h1-2,7-10H,3-6H2,(H,23,24). The number of anilines is 1. The number of aromatic nitrogens is 2. The summed E-state index contributed by atoms with van der Waals surface area (Å²) >= 11 is 0. The minimum absolute atomic E-state index is 0.00967. The minimum atomic E-state index is -1.32. The second kappa shape index (κ2) is 7.13. The maximum absolute atomic E-state index is 12.7. The maximum atomic E-state index is 12.7. The van der Waals surface area contributed by atoms with E-state index in [0.29, 0.717) is 32.0 Å². The van der Waals surface area contributed by atoms with E-state index in [1.807, 2.05) is 4.90 Å². The summed E-state index contributed by atoms with van der Waals surface area (Å²) in [4.78, 5) is 45.8. The lowest BCUT2D eigenvalue weighted by molar-refractivity contribution is -0.384. The zero-order valence-corrected chi connectivity index (χ0v) is 13.6. The number of nitro groups is 1. The van der Waals surface area contributed by atoms with Crippen molar-refractivity contribution in [3.8, 4) is 0 Å². The van der Waals surface area contributed by atoms with Gasteiger partial charge in [0.15, 0.2) is 0 Å². The molecular weight excluding hydrogens is 342 g/mol. The lowest BCUT2D eigenvalue weighted by atomic mass is 10.1. The van der Waals surface area contributed by atoms with Crippen LogP contribution in [-0.2, 0) is 0 Å². The first-order valence-corrected chi connectivity index (χ1v) is 7.78. The Balaban J connectivity index is 1.76. The van der Waals surface area contributed by atoms with Gasteiger partial charge in [-0.25, -0.2) is 9.78 Å². The molecule has 1 N–H and O–H groups in total. The van der Waals surface area contributed by atoms with Gasteiger partial charge in [0.2, 0.25) is 0 Å². The summed E-state index contributed by atoms with van der Waals surface area (Å²) in [6, 6.07) is 3.20. The van der Waals surface area contributed by atoms with Gasteiger partial charge < -0.3 is 14.9 Å². The lowest BCUT2D eigenvalue weighted by Crippen LogP contribution is -2.49. The van der Waals surface area contributed by atoms with Crippen LogP contribution in [0, 0.1) is 10.1 Å². The summed E-state index contributed by atoms with van der Waals surface area (Å²) < 4.78 is 0. The molecule has 1 fully saturated rings. The van der Waals surface area contributed by atoms with Crippen molar-refractivity contribution < 1.29 is 19.6 Å². The number of piperazine rings is 1. The fourth-order valence-electron chi connectivity index (χ4n) is 2.74. The fraction of sp³-hybridized carbons (Fsp3) is 0.250. The predicted octanol–water partition coefficient (Wildman–Crippen LogP) is 1.05. The van der Waals surface area contributed by atoms with Crippen molar-refractivity contribution in [1.82, 2.24) is 14.9 Å². The highest BCUT2D eigenvalue weighted by molar-refractivity contribution is 5.98. The van der Waals surface area contributed by atoms with Crippen molar-refractivity contribution >= 4 is 23.4 Å². The number of carbonyl (C=O) groups excluding carboxylic acids is 1. The van der Waals surface area contributed by atoms with Gasteiger partial charge in [-0.1, -0.05) is 0 Å². The van der Waals surface area contributed by atoms with E-state index in [4.69, 9.17) is 5.11 Å². The Bertz CT molecular complexity index is 817. The van der Waals surface area contributed by atoms with Crippen LogP contribution in [0.25, 0.3) is 0 Å². The largest absolute Gasteiger partial charge is 0.478 e. The zero-order chi connectivity index (χ0) is 18.7. The minimum Gasteiger partial charge on any atom is -0.478 e. The van der Waals surface area contributed by atoms with Crippen LogP contribution in [-0.4, -0.2) is 63.0 Å². The molecule has 3 rings (SSSR count). The Labute approximate surface area is 147 Å². The molecule has 0 aliphatic carbocycles. The summed E-state index contributed by atoms with van der Waals surface area (Å²) in [7, 11) is 0. The molecule has 1 aromatic heterocycles. The molecule has 2 heterocycles. The van der Waals surface area contributed by atoms with Crippen molar-refractivity contribution in [3.05, 3.63) is 58.0 Å². The van der Waals surface area contributed by atoms with Gasteiger partial charge in [-0.15, -0.1) is 0 Å². The molecule has 0 unspecified atom stereocenters. The third-order valence-corrected chi connectivity index (χ3v) is 4.06. The first-order chi connectivity index (χ1) is 12.5. The van der Waals surface area contributed by atoms with E-state index in [-0.39, 0.29) is 11.1 Å². The van der Waals surface area contributed by atoms with Gasteiger partial charge in [0.1, 0.15) is 5.82 Å². The smallest absolute Gasteiger partial charge is 0.335 e. The summed E-state index contributed by atoms with van der Waals surface area (Å²) in [5.41, 5.74) is -0.725. The van der Waals surface area contributed by atoms with Crippen molar-refractivity contribution in [2.24, 2.45) is 0 Å². The maximum Gasteiger partial charge on any atom is 0.335 e. The number of nitrogens with zero attached hydrogens (tertiary/aromatic N) is 5. The van der Waals surface area contributed by atoms with Crippen LogP contribution in [0.5, 0.6) is 0 Å². The molecule has 2 aromatic rings. The average Bonchev–Trinajstić information content (AvgIpc) is 2.67. The summed E-state index contributed by atoms with van der Waals surface area (Å²) in [6.45, 7) is 1.84. The summed E-state index contributed by atoms with van der Waals surface area (Å²) in [5.74, 6) is -1.05. The lowest BCUT2D eigenvalue weighted by Gasteiger charge is -2.35. The molecular formula is C16H15N5O5. The zero-order valence-electron chi connectivity index (χ0n) is 13.6. The first-order valence-electron chi connectivity index (χ1n) is 7.78. The predicted molar refractivity (Wildman–Crippen MR) is 90.2 cm³/mol. The molecule has 134 valence electrons. The Morgan fingerprint density at radius 2 is 1.77 bits per heavy atom. The Hall–Kier alpha value is -3.56. The summed E-state index contributed by atoms with van der Waals surface area (Å²) in [6.07, 6.45) is 4.80. The Kier molecular flexibility index (Phi) is 4.74. The van der Waals surface area contributed by atoms with Crippen molar-refractivity contribution in [3.63, 3.8) is 0 Å². The second-order valence-corrected chi connectivity index (χ2v) is 5.67. The molecule has 0 atom stereocenters. The molecule has 10 heteroatoms. The highest BCUT2D eigenvalue weighted by atomic mass is 16.6. The van der Waals surface area contributed by atoms with E-state index in [9.17, 15) is 19.7 Å². The monoisotopic (exact) mass is 357 g/mol. The number of carbonyl (C=O) groups is 2. The second-order valence-electron chi connectivity index (χ2n) is 5.67. The Morgan fingerprint density at radius 1 is 1.08 bits per heavy atom. The first kappa shape index (κ1) is 17.3. The molecule has 1 saturated heterocycles. The van der Waals surface area contributed by atoms with Gasteiger partial charge in [-0.2, -0.15) is 0 Å². The number of hydrogen-bond acceptors (Lipinski definition) is 7. The van der Waals surface area contributed by atoms with E-state index in [1.165, 1.54) is 4.90 Å². The Morgan fingerprint density at radius 3 is 2.35 bits per heavy atom. The fourth-order valence-corrected chi connectivity index (χ4v) is 2.74. The number of amides is 1. The van der Waals surface area contributed by atoms with E-state index >= 15 is 0 Å². The van der Waals surface area contributed by atoms with Gasteiger partial charge in [-0.3, -0.25) is 19.9 Å². The topological polar surface area (TPSA) is 130 Å². The van der Waals surface area contributed by atoms with E-state index in [1.54, 1.807) is 18.6 Å². The van der Waals surface area contributed by atoms with Gasteiger partial charge >= 0.3 is 5.97 Å². The molecule has 0 radical (unpaired) electrons. The molecule has 1 amide bonds. The number of benzene rings is 1. The van der Waals surface area contributed by atoms with Crippen molar-refractivity contribution in [2.75, 3.05) is 31.1 Å². The third kappa shape index (κ3) is 3.58. The molecule has 1 aliphatic heterocycles. The number of hydrogen-bond donors (Lipinski definition) is 1. The molecule has 1 aliphatic rings. The molecule has 0 spiro atoms. The normalized spacial score (nSPS) is 14.2. The van der Waals surface area contributed by atoms with Crippen LogP contribution < -0.4 is 4.90 Å². The van der Waals surface area contributed by atoms with Crippen LogP contribution in [0.15, 0.2) is 36.8 Å². The van der Waals surface area contributed by atoms with Crippen molar-refractivity contribution in [2.45, 2.75) is 0 Å². The van der Waals surface area contributed by atoms with Crippen LogP contribution in [0.4, 0.5) is 11.5 Å². The molecule has 0 bridgehead atoms. The van der Waals surface area contributed by atoms with Crippen molar-refractivity contribution in [1.29, 1.82) is 0 Å². The summed E-state index contributed by atoms with van der Waals surface area (Å²) in [5, 5.41) is 20.1. The van der Waals surface area contributed by atoms with Crippen LogP contribution in [0.1, 0.15) is 20.7 Å². The SMILES string of the molecule is O=C(O)c1cc(C(=O)N2CCN(c3cnccn3)CC2)cc([N+](=O)[O-])c1. The number of carboxylic acid groups (broad SMARTS) is 1. The number of rotatable bonds is 4. The third-order valence-electron chi connectivity index (χ3n) is 4.06. The van der Waals surface area contributed by atoms with Crippen LogP contribution >= 0.6 is 0 Å². The number of aromatic carboxylic acids is 1. The quantitative estimate of drug-likeness (QED) is 0.635. The van der Waals surface area contributed by atoms with Gasteiger partial charge in [-0.05, 0) is 6.07 Å². The number of carboxylic acids is 1. The van der Waals surface area contributed by atoms with E-state index in [2.05, 4.69) is 9.97 Å². The van der Waals surface area contributed by atoms with Crippen LogP contribution in [0.2, 0.25) is 0 Å². The molecule has 10 nitrogen and oxygen atoms in total. The number of non-ortho nitro benzene ring substituents is 1. The average molecular weight is 357 g/mol. The van der Waals surface area contributed by atoms with E-state index < -0.39 is 22.5 Å². The van der Waals surface area contributed by atoms with Gasteiger partial charge in [0, 0.05) is 56.3 Å². The molecule has 0 saturated carbocycles. The highest BCUT2D eigenvalue weighted by Crippen LogP contribution is 2.20. The van der Waals surface area contributed by atoms with E-state index in [0.717, 1.165) is 18.2 Å².